The molecular formula is C7H17NOS. The maximum absolute atomic E-state index is 8.97. The summed E-state index contributed by atoms with van der Waals surface area (Å²) >= 11 is 1.83. The Morgan fingerprint density at radius 3 is 2.60 bits per heavy atom. The average molecular weight is 163 g/mol. The maximum atomic E-state index is 8.97. The molecule has 0 aromatic heterocycles. The lowest BCUT2D eigenvalue weighted by Gasteiger charge is -2.16. The number of aliphatic hydroxyl groups is 1. The summed E-state index contributed by atoms with van der Waals surface area (Å²) in [7, 11) is 2.03. The van der Waals surface area contributed by atoms with Crippen LogP contribution in [0.1, 0.15) is 6.92 Å². The summed E-state index contributed by atoms with van der Waals surface area (Å²) in [5, 5.41) is 8.97. The van der Waals surface area contributed by atoms with E-state index < -0.39 is 0 Å². The quantitative estimate of drug-likeness (QED) is 0.644. The smallest absolute Gasteiger partial charge is 0.0638 e. The third kappa shape index (κ3) is 6.39. The highest BCUT2D eigenvalue weighted by Crippen LogP contribution is 1.94. The zero-order valence-electron chi connectivity index (χ0n) is 7.00. The summed E-state index contributed by atoms with van der Waals surface area (Å²) < 4.78 is 0. The number of thioether (sulfide) groups is 1. The van der Waals surface area contributed by atoms with Crippen LogP contribution in [0.25, 0.3) is 0 Å². The van der Waals surface area contributed by atoms with Crippen LogP contribution in [0, 0.1) is 0 Å². The van der Waals surface area contributed by atoms with E-state index >= 15 is 0 Å². The van der Waals surface area contributed by atoms with E-state index in [9.17, 15) is 0 Å². The molecule has 0 bridgehead atoms. The summed E-state index contributed by atoms with van der Waals surface area (Å²) in [4.78, 5) is 2.14. The van der Waals surface area contributed by atoms with Crippen molar-refractivity contribution >= 4 is 11.8 Å². The van der Waals surface area contributed by atoms with Gasteiger partial charge in [-0.3, -0.25) is 0 Å². The molecule has 1 atom stereocenters. The van der Waals surface area contributed by atoms with Gasteiger partial charge in [0, 0.05) is 18.8 Å². The van der Waals surface area contributed by atoms with Gasteiger partial charge in [-0.25, -0.2) is 0 Å². The van der Waals surface area contributed by atoms with Gasteiger partial charge in [0.15, 0.2) is 0 Å². The predicted octanol–water partition coefficient (Wildman–Crippen LogP) is 0.662. The molecule has 0 saturated carbocycles. The Morgan fingerprint density at radius 1 is 1.60 bits per heavy atom. The second kappa shape index (κ2) is 6.01. The Kier molecular flexibility index (Phi) is 6.17. The van der Waals surface area contributed by atoms with Crippen LogP contribution >= 0.6 is 11.8 Å². The van der Waals surface area contributed by atoms with Crippen molar-refractivity contribution in [3.05, 3.63) is 0 Å². The van der Waals surface area contributed by atoms with E-state index in [1.807, 2.05) is 25.7 Å². The van der Waals surface area contributed by atoms with Crippen molar-refractivity contribution in [3.63, 3.8) is 0 Å². The maximum Gasteiger partial charge on any atom is 0.0638 e. The van der Waals surface area contributed by atoms with E-state index in [2.05, 4.69) is 11.2 Å². The van der Waals surface area contributed by atoms with Crippen LogP contribution in [-0.4, -0.2) is 48.3 Å². The van der Waals surface area contributed by atoms with Crippen molar-refractivity contribution in [1.29, 1.82) is 0 Å². The number of nitrogens with zero attached hydrogens (tertiary/aromatic N) is 1. The molecule has 0 aliphatic rings. The van der Waals surface area contributed by atoms with Gasteiger partial charge in [0.05, 0.1) is 6.10 Å². The molecule has 2 nitrogen and oxygen atoms in total. The molecule has 0 saturated heterocycles. The lowest BCUT2D eigenvalue weighted by molar-refractivity contribution is 0.145. The van der Waals surface area contributed by atoms with E-state index in [-0.39, 0.29) is 6.10 Å². The highest BCUT2D eigenvalue weighted by Gasteiger charge is 2.00. The molecule has 0 unspecified atom stereocenters. The number of hydrogen-bond donors (Lipinski definition) is 1. The van der Waals surface area contributed by atoms with Gasteiger partial charge < -0.3 is 10.0 Å². The largest absolute Gasteiger partial charge is 0.392 e. The number of aliphatic hydroxyl groups excluding tert-OH is 1. The monoisotopic (exact) mass is 163 g/mol. The SMILES string of the molecule is CSCCN(C)C[C@H](C)O. The third-order valence-electron chi connectivity index (χ3n) is 1.25. The van der Waals surface area contributed by atoms with Crippen LogP contribution in [0.4, 0.5) is 0 Å². The van der Waals surface area contributed by atoms with E-state index in [0.29, 0.717) is 0 Å². The number of hydrogen-bond acceptors (Lipinski definition) is 3. The van der Waals surface area contributed by atoms with E-state index in [0.717, 1.165) is 18.8 Å². The lowest BCUT2D eigenvalue weighted by Crippen LogP contribution is -2.29. The molecule has 0 spiro atoms. The molecule has 62 valence electrons. The minimum atomic E-state index is -0.202. The van der Waals surface area contributed by atoms with Gasteiger partial charge in [-0.1, -0.05) is 0 Å². The summed E-state index contributed by atoms with van der Waals surface area (Å²) in [6.45, 7) is 3.65. The Balaban J connectivity index is 3.16. The molecule has 1 N–H and O–H groups in total. The van der Waals surface area contributed by atoms with Crippen LogP contribution in [-0.2, 0) is 0 Å². The van der Waals surface area contributed by atoms with Crippen LogP contribution < -0.4 is 0 Å². The fourth-order valence-corrected chi connectivity index (χ4v) is 1.28. The molecule has 0 aliphatic heterocycles. The van der Waals surface area contributed by atoms with Gasteiger partial charge >= 0.3 is 0 Å². The first-order valence-electron chi connectivity index (χ1n) is 3.52. The molecule has 0 amide bonds. The first-order chi connectivity index (χ1) is 4.66. The average Bonchev–Trinajstić information content (AvgIpc) is 1.82. The fraction of sp³-hybridized carbons (Fsp3) is 1.00. The first-order valence-corrected chi connectivity index (χ1v) is 4.91. The highest BCUT2D eigenvalue weighted by atomic mass is 32.2. The van der Waals surface area contributed by atoms with E-state index in [1.165, 1.54) is 0 Å². The van der Waals surface area contributed by atoms with Crippen molar-refractivity contribution in [1.82, 2.24) is 4.90 Å². The second-order valence-corrected chi connectivity index (χ2v) is 3.59. The molecule has 0 fully saturated rings. The van der Waals surface area contributed by atoms with Crippen LogP contribution in [0.5, 0.6) is 0 Å². The fourth-order valence-electron chi connectivity index (χ4n) is 0.789. The minimum absolute atomic E-state index is 0.202. The second-order valence-electron chi connectivity index (χ2n) is 2.60. The Bertz CT molecular complexity index is 78.0. The highest BCUT2D eigenvalue weighted by molar-refractivity contribution is 7.98. The van der Waals surface area contributed by atoms with Crippen molar-refractivity contribution in [3.8, 4) is 0 Å². The van der Waals surface area contributed by atoms with Gasteiger partial charge in [-0.15, -0.1) is 0 Å². The van der Waals surface area contributed by atoms with Gasteiger partial charge in [0.1, 0.15) is 0 Å². The van der Waals surface area contributed by atoms with Crippen LogP contribution in [0.3, 0.4) is 0 Å². The molecule has 0 aliphatic carbocycles. The lowest BCUT2D eigenvalue weighted by atomic mass is 10.4. The molecule has 3 heteroatoms. The molecule has 10 heavy (non-hydrogen) atoms. The van der Waals surface area contributed by atoms with Crippen LogP contribution in [0.15, 0.2) is 0 Å². The van der Waals surface area contributed by atoms with Crippen LogP contribution in [0.2, 0.25) is 0 Å². The zero-order valence-corrected chi connectivity index (χ0v) is 7.82. The molecule has 0 radical (unpaired) electrons. The molecule has 0 aromatic rings. The predicted molar refractivity (Wildman–Crippen MR) is 47.6 cm³/mol. The molecular weight excluding hydrogens is 146 g/mol. The Labute approximate surface area is 67.6 Å². The number of likely N-dealkylation sites (N-methyl/N-ethyl adjacent to an activating group) is 1. The molecule has 0 aromatic carbocycles. The van der Waals surface area contributed by atoms with Gasteiger partial charge in [0.2, 0.25) is 0 Å². The van der Waals surface area contributed by atoms with E-state index in [1.54, 1.807) is 0 Å². The van der Waals surface area contributed by atoms with Gasteiger partial charge in [-0.05, 0) is 20.2 Å². The summed E-state index contributed by atoms with van der Waals surface area (Å²) in [6, 6.07) is 0. The topological polar surface area (TPSA) is 23.5 Å². The standard InChI is InChI=1S/C7H17NOS/c1-7(9)6-8(2)4-5-10-3/h7,9H,4-6H2,1-3H3/t7-/m0/s1. The van der Waals surface area contributed by atoms with Gasteiger partial charge in [0.25, 0.3) is 0 Å². The number of rotatable bonds is 5. The minimum Gasteiger partial charge on any atom is -0.392 e. The zero-order chi connectivity index (χ0) is 7.98. The normalized spacial score (nSPS) is 14.1. The van der Waals surface area contributed by atoms with Crippen molar-refractivity contribution in [2.45, 2.75) is 13.0 Å². The van der Waals surface area contributed by atoms with Crippen molar-refractivity contribution in [2.75, 3.05) is 32.1 Å². The Morgan fingerprint density at radius 2 is 2.20 bits per heavy atom. The molecule has 0 heterocycles. The molecule has 0 rings (SSSR count). The first kappa shape index (κ1) is 10.3. The summed E-state index contributed by atoms with van der Waals surface area (Å²) in [6.07, 6.45) is 1.89. The van der Waals surface area contributed by atoms with Crippen molar-refractivity contribution in [2.24, 2.45) is 0 Å². The summed E-state index contributed by atoms with van der Waals surface area (Å²) in [5.74, 6) is 1.14. The summed E-state index contributed by atoms with van der Waals surface area (Å²) in [5.41, 5.74) is 0. The Hall–Kier alpha value is 0.270. The van der Waals surface area contributed by atoms with Gasteiger partial charge in [-0.2, -0.15) is 11.8 Å². The third-order valence-corrected chi connectivity index (χ3v) is 1.84. The van der Waals surface area contributed by atoms with Crippen molar-refractivity contribution < 1.29 is 5.11 Å². The van der Waals surface area contributed by atoms with E-state index in [4.69, 9.17) is 5.11 Å².